The summed E-state index contributed by atoms with van der Waals surface area (Å²) in [5, 5.41) is 2.82. The number of fused-ring (bicyclic) bond motifs is 1. The Morgan fingerprint density at radius 3 is 2.09 bits per heavy atom. The van der Waals surface area contributed by atoms with Crippen LogP contribution in [0.1, 0.15) is 27.1 Å². The molecule has 32 heavy (non-hydrogen) atoms. The van der Waals surface area contributed by atoms with Gasteiger partial charge in [0.25, 0.3) is 11.8 Å². The van der Waals surface area contributed by atoms with Gasteiger partial charge in [0.05, 0.1) is 22.7 Å². The van der Waals surface area contributed by atoms with Gasteiger partial charge in [0.2, 0.25) is 11.8 Å². The Labute approximate surface area is 184 Å². The van der Waals surface area contributed by atoms with E-state index in [1.165, 1.54) is 0 Å². The van der Waals surface area contributed by atoms with E-state index >= 15 is 0 Å². The van der Waals surface area contributed by atoms with E-state index in [-0.39, 0.29) is 18.2 Å². The van der Waals surface area contributed by atoms with Crippen molar-refractivity contribution in [2.24, 2.45) is 5.92 Å². The molecule has 4 amide bonds. The average molecular weight is 425 g/mol. The second-order valence-electron chi connectivity index (χ2n) is 7.77. The Bertz CT molecular complexity index is 1220. The normalized spacial score (nSPS) is 17.6. The van der Waals surface area contributed by atoms with Gasteiger partial charge in [-0.3, -0.25) is 19.2 Å². The first-order chi connectivity index (χ1) is 15.5. The maximum atomic E-state index is 12.8. The van der Waals surface area contributed by atoms with Crippen molar-refractivity contribution in [3.05, 3.63) is 90.0 Å². The molecule has 0 bridgehead atoms. The molecule has 1 saturated heterocycles. The van der Waals surface area contributed by atoms with Crippen molar-refractivity contribution in [2.75, 3.05) is 21.7 Å². The molecule has 1 fully saturated rings. The molecule has 5 rings (SSSR count). The number of nitrogens with one attached hydrogen (secondary N) is 1. The first-order valence-electron chi connectivity index (χ1n) is 10.3. The van der Waals surface area contributed by atoms with Crippen molar-refractivity contribution in [3.63, 3.8) is 0 Å². The van der Waals surface area contributed by atoms with E-state index in [9.17, 15) is 19.2 Å². The highest BCUT2D eigenvalue weighted by Crippen LogP contribution is 2.30. The SMILES string of the molecule is O=C(Nc1cccc(N2C(=O)c3ccccc3C2=O)c1)C1CC(=O)N(c2ccccc2)C1. The summed E-state index contributed by atoms with van der Waals surface area (Å²) in [6, 6.07) is 22.5. The van der Waals surface area contributed by atoms with Gasteiger partial charge in [-0.2, -0.15) is 0 Å². The number of anilines is 3. The number of imide groups is 1. The minimum absolute atomic E-state index is 0.101. The van der Waals surface area contributed by atoms with Gasteiger partial charge in [0, 0.05) is 24.3 Å². The second kappa shape index (κ2) is 7.77. The quantitative estimate of drug-likeness (QED) is 0.649. The molecule has 1 atom stereocenters. The summed E-state index contributed by atoms with van der Waals surface area (Å²) in [5.41, 5.74) is 2.31. The molecule has 3 aromatic rings. The topological polar surface area (TPSA) is 86.8 Å². The Hall–Kier alpha value is -4.26. The number of hydrogen-bond acceptors (Lipinski definition) is 4. The fourth-order valence-electron chi connectivity index (χ4n) is 4.13. The molecule has 2 heterocycles. The fraction of sp³-hybridized carbons (Fsp3) is 0.120. The molecule has 1 N–H and O–H groups in total. The van der Waals surface area contributed by atoms with Crippen LogP contribution < -0.4 is 15.1 Å². The molecule has 0 saturated carbocycles. The molecule has 0 aliphatic carbocycles. The van der Waals surface area contributed by atoms with Crippen LogP contribution in [-0.2, 0) is 9.59 Å². The van der Waals surface area contributed by atoms with Crippen LogP contribution in [0.4, 0.5) is 17.1 Å². The summed E-state index contributed by atoms with van der Waals surface area (Å²) in [6.45, 7) is 0.298. The maximum Gasteiger partial charge on any atom is 0.266 e. The van der Waals surface area contributed by atoms with Gasteiger partial charge in [-0.1, -0.05) is 36.4 Å². The molecule has 2 aliphatic heterocycles. The van der Waals surface area contributed by atoms with Crippen LogP contribution in [0.5, 0.6) is 0 Å². The van der Waals surface area contributed by atoms with Gasteiger partial charge in [-0.25, -0.2) is 4.90 Å². The Balaban J connectivity index is 1.32. The van der Waals surface area contributed by atoms with Crippen LogP contribution in [0.25, 0.3) is 0 Å². The minimum Gasteiger partial charge on any atom is -0.326 e. The maximum absolute atomic E-state index is 12.8. The van der Waals surface area contributed by atoms with Crippen LogP contribution in [0.2, 0.25) is 0 Å². The minimum atomic E-state index is -0.495. The van der Waals surface area contributed by atoms with E-state index in [0.29, 0.717) is 29.0 Å². The molecular weight excluding hydrogens is 406 g/mol. The molecule has 1 unspecified atom stereocenters. The van der Waals surface area contributed by atoms with Crippen LogP contribution >= 0.6 is 0 Å². The molecule has 0 aromatic heterocycles. The monoisotopic (exact) mass is 425 g/mol. The van der Waals surface area contributed by atoms with Crippen LogP contribution in [0, 0.1) is 5.92 Å². The molecule has 0 spiro atoms. The van der Waals surface area contributed by atoms with E-state index in [0.717, 1.165) is 10.6 Å². The van der Waals surface area contributed by atoms with Crippen molar-refractivity contribution < 1.29 is 19.2 Å². The number of hydrogen-bond donors (Lipinski definition) is 1. The summed E-state index contributed by atoms with van der Waals surface area (Å²) in [5.74, 6) is -1.67. The van der Waals surface area contributed by atoms with Crippen LogP contribution in [-0.4, -0.2) is 30.2 Å². The summed E-state index contributed by atoms with van der Waals surface area (Å²) in [6.07, 6.45) is 0.124. The highest BCUT2D eigenvalue weighted by Gasteiger charge is 2.37. The van der Waals surface area contributed by atoms with E-state index in [2.05, 4.69) is 5.32 Å². The highest BCUT2D eigenvalue weighted by atomic mass is 16.2. The summed E-state index contributed by atoms with van der Waals surface area (Å²) in [7, 11) is 0. The zero-order chi connectivity index (χ0) is 22.2. The molecule has 158 valence electrons. The lowest BCUT2D eigenvalue weighted by Crippen LogP contribution is -2.30. The smallest absolute Gasteiger partial charge is 0.266 e. The second-order valence-corrected chi connectivity index (χ2v) is 7.77. The Morgan fingerprint density at radius 1 is 0.781 bits per heavy atom. The summed E-state index contributed by atoms with van der Waals surface area (Å²) in [4.78, 5) is 53.4. The van der Waals surface area contributed by atoms with E-state index < -0.39 is 17.7 Å². The van der Waals surface area contributed by atoms with Gasteiger partial charge in [-0.05, 0) is 42.5 Å². The Kier molecular flexibility index (Phi) is 4.78. The standard InChI is InChI=1S/C25H19N3O4/c29-22-13-16(15-27(22)18-8-2-1-3-9-18)23(30)26-17-7-6-10-19(14-17)28-24(31)20-11-4-5-12-21(20)25(28)32/h1-12,14,16H,13,15H2,(H,26,30). The van der Waals surface area contributed by atoms with E-state index in [1.54, 1.807) is 53.4 Å². The van der Waals surface area contributed by atoms with Crippen molar-refractivity contribution in [1.82, 2.24) is 0 Å². The highest BCUT2D eigenvalue weighted by molar-refractivity contribution is 6.34. The molecule has 3 aromatic carbocycles. The first-order valence-corrected chi connectivity index (χ1v) is 10.3. The number of carbonyl (C=O) groups is 4. The third-order valence-electron chi connectivity index (χ3n) is 5.73. The fourth-order valence-corrected chi connectivity index (χ4v) is 4.13. The number of nitrogens with zero attached hydrogens (tertiary/aromatic N) is 2. The van der Waals surface area contributed by atoms with Crippen LogP contribution in [0.3, 0.4) is 0 Å². The van der Waals surface area contributed by atoms with E-state index in [1.807, 2.05) is 30.3 Å². The number of carbonyl (C=O) groups excluding carboxylic acids is 4. The molecular formula is C25H19N3O4. The zero-order valence-electron chi connectivity index (χ0n) is 17.0. The Morgan fingerprint density at radius 2 is 1.41 bits per heavy atom. The molecule has 0 radical (unpaired) electrons. The van der Waals surface area contributed by atoms with Gasteiger partial charge in [0.15, 0.2) is 0 Å². The third kappa shape index (κ3) is 3.33. The zero-order valence-corrected chi connectivity index (χ0v) is 17.0. The largest absolute Gasteiger partial charge is 0.326 e. The van der Waals surface area contributed by atoms with E-state index in [4.69, 9.17) is 0 Å². The lowest BCUT2D eigenvalue weighted by Gasteiger charge is -2.17. The lowest BCUT2D eigenvalue weighted by atomic mass is 10.1. The first kappa shape index (κ1) is 19.7. The van der Waals surface area contributed by atoms with Crippen LogP contribution in [0.15, 0.2) is 78.9 Å². The van der Waals surface area contributed by atoms with Gasteiger partial charge >= 0.3 is 0 Å². The molecule has 7 nitrogen and oxygen atoms in total. The van der Waals surface area contributed by atoms with Crippen molar-refractivity contribution >= 4 is 40.7 Å². The lowest BCUT2D eigenvalue weighted by molar-refractivity contribution is -0.122. The summed E-state index contributed by atoms with van der Waals surface area (Å²) < 4.78 is 0. The predicted octanol–water partition coefficient (Wildman–Crippen LogP) is 3.48. The van der Waals surface area contributed by atoms with Crippen molar-refractivity contribution in [3.8, 4) is 0 Å². The van der Waals surface area contributed by atoms with Gasteiger partial charge in [0.1, 0.15) is 0 Å². The van der Waals surface area contributed by atoms with Crippen molar-refractivity contribution in [1.29, 1.82) is 0 Å². The number of amides is 4. The average Bonchev–Trinajstić information content (AvgIpc) is 3.32. The van der Waals surface area contributed by atoms with Gasteiger partial charge in [-0.15, -0.1) is 0 Å². The third-order valence-corrected chi connectivity index (χ3v) is 5.73. The summed E-state index contributed by atoms with van der Waals surface area (Å²) >= 11 is 0. The number of benzene rings is 3. The molecule has 2 aliphatic rings. The van der Waals surface area contributed by atoms with Crippen molar-refractivity contribution in [2.45, 2.75) is 6.42 Å². The van der Waals surface area contributed by atoms with Gasteiger partial charge < -0.3 is 10.2 Å². The number of rotatable bonds is 4. The molecule has 7 heteroatoms. The number of para-hydroxylation sites is 1. The predicted molar refractivity (Wildman–Crippen MR) is 120 cm³/mol.